The predicted molar refractivity (Wildman–Crippen MR) is 123 cm³/mol. The van der Waals surface area contributed by atoms with Crippen molar-refractivity contribution < 1.29 is 29.0 Å². The van der Waals surface area contributed by atoms with Crippen LogP contribution in [0.25, 0.3) is 11.1 Å². The average Bonchev–Trinajstić information content (AvgIpc) is 3.54. The normalized spacial score (nSPS) is 25.6. The molecule has 8 nitrogen and oxygen atoms in total. The van der Waals surface area contributed by atoms with Gasteiger partial charge in [0, 0.05) is 12.5 Å². The van der Waals surface area contributed by atoms with E-state index in [1.54, 1.807) is 6.92 Å². The summed E-state index contributed by atoms with van der Waals surface area (Å²) in [6.45, 7) is 2.56. The van der Waals surface area contributed by atoms with E-state index >= 15 is 0 Å². The van der Waals surface area contributed by atoms with Crippen molar-refractivity contribution >= 4 is 18.0 Å². The number of aliphatic carboxylic acids is 1. The molecule has 0 radical (unpaired) electrons. The van der Waals surface area contributed by atoms with Crippen molar-refractivity contribution in [3.63, 3.8) is 0 Å². The zero-order valence-electron chi connectivity index (χ0n) is 19.0. The molecule has 3 aliphatic rings. The van der Waals surface area contributed by atoms with Gasteiger partial charge in [-0.05, 0) is 42.0 Å². The van der Waals surface area contributed by atoms with Crippen molar-refractivity contribution in [2.75, 3.05) is 26.4 Å². The molecular weight excluding hydrogens is 436 g/mol. The maximum Gasteiger partial charge on any atom is 0.407 e. The first-order valence-electron chi connectivity index (χ1n) is 11.6. The number of hydrogen-bond acceptors (Lipinski definition) is 5. The summed E-state index contributed by atoms with van der Waals surface area (Å²) < 4.78 is 11.2. The van der Waals surface area contributed by atoms with Gasteiger partial charge in [0.1, 0.15) is 12.6 Å². The van der Waals surface area contributed by atoms with Gasteiger partial charge in [-0.2, -0.15) is 0 Å². The fraction of sp³-hybridized carbons (Fsp3) is 0.423. The standard InChI is InChI=1S/C26H28N2O6/c1-26(24(31)28-12-6-11-21(28)23(29)30)15-33-14-22(26)27-25(32)34-13-20-18-9-4-2-7-16(18)17-8-3-5-10-19(17)20/h2-5,7-10,20-22H,6,11-15H2,1H3,(H,27,32)(H,29,30)/t21-,22?,26?/m1/s1. The van der Waals surface area contributed by atoms with Crippen LogP contribution < -0.4 is 5.32 Å². The third-order valence-corrected chi connectivity index (χ3v) is 7.38. The molecule has 0 saturated carbocycles. The Kier molecular flexibility index (Phi) is 5.77. The Morgan fingerprint density at radius 3 is 2.41 bits per heavy atom. The Bertz CT molecular complexity index is 1090. The van der Waals surface area contributed by atoms with Gasteiger partial charge < -0.3 is 24.8 Å². The summed E-state index contributed by atoms with van der Waals surface area (Å²) in [7, 11) is 0. The summed E-state index contributed by atoms with van der Waals surface area (Å²) in [6.07, 6.45) is 0.458. The van der Waals surface area contributed by atoms with Crippen molar-refractivity contribution in [2.45, 2.75) is 37.8 Å². The SMILES string of the molecule is CC1(C(=O)N2CCC[C@@H]2C(=O)O)COCC1NC(=O)OCC1c2ccccc2-c2ccccc21. The summed E-state index contributed by atoms with van der Waals surface area (Å²) in [6, 6.07) is 14.8. The first kappa shape index (κ1) is 22.4. The Balaban J connectivity index is 1.26. The number of fused-ring (bicyclic) bond motifs is 3. The highest BCUT2D eigenvalue weighted by Gasteiger charge is 2.51. The molecule has 2 amide bonds. The molecule has 2 aromatic rings. The van der Waals surface area contributed by atoms with Crippen LogP contribution in [0.15, 0.2) is 48.5 Å². The van der Waals surface area contributed by atoms with Crippen molar-refractivity contribution in [1.29, 1.82) is 0 Å². The predicted octanol–water partition coefficient (Wildman–Crippen LogP) is 3.01. The Labute approximate surface area is 197 Å². The zero-order chi connectivity index (χ0) is 23.9. The fourth-order valence-corrected chi connectivity index (χ4v) is 5.46. The summed E-state index contributed by atoms with van der Waals surface area (Å²) in [4.78, 5) is 39.1. The van der Waals surface area contributed by atoms with E-state index in [1.807, 2.05) is 24.3 Å². The third-order valence-electron chi connectivity index (χ3n) is 7.38. The number of alkyl carbamates (subject to hydrolysis) is 1. The molecule has 8 heteroatoms. The van der Waals surface area contributed by atoms with E-state index in [4.69, 9.17) is 9.47 Å². The summed E-state index contributed by atoms with van der Waals surface area (Å²) in [5, 5.41) is 12.3. The lowest BCUT2D eigenvalue weighted by molar-refractivity contribution is -0.153. The van der Waals surface area contributed by atoms with Gasteiger partial charge in [-0.1, -0.05) is 48.5 Å². The number of carbonyl (C=O) groups excluding carboxylic acids is 2. The lowest BCUT2D eigenvalue weighted by Gasteiger charge is -2.34. The molecule has 2 fully saturated rings. The summed E-state index contributed by atoms with van der Waals surface area (Å²) in [5.74, 6) is -1.37. The van der Waals surface area contributed by atoms with Gasteiger partial charge in [0.25, 0.3) is 0 Å². The highest BCUT2D eigenvalue weighted by molar-refractivity contribution is 5.89. The molecule has 2 N–H and O–H groups in total. The first-order chi connectivity index (χ1) is 16.4. The van der Waals surface area contributed by atoms with Crippen LogP contribution in [-0.4, -0.2) is 66.4 Å². The molecule has 0 bridgehead atoms. The highest BCUT2D eigenvalue weighted by atomic mass is 16.5. The highest BCUT2D eigenvalue weighted by Crippen LogP contribution is 2.44. The van der Waals surface area contributed by atoms with Gasteiger partial charge in [-0.3, -0.25) is 4.79 Å². The minimum Gasteiger partial charge on any atom is -0.480 e. The summed E-state index contributed by atoms with van der Waals surface area (Å²) in [5.41, 5.74) is 3.48. The van der Waals surface area contributed by atoms with Crippen LogP contribution in [0.4, 0.5) is 4.79 Å². The second-order valence-electron chi connectivity index (χ2n) is 9.45. The lowest BCUT2D eigenvalue weighted by atomic mass is 9.83. The Morgan fingerprint density at radius 1 is 1.12 bits per heavy atom. The number of nitrogens with zero attached hydrogens (tertiary/aromatic N) is 1. The minimum absolute atomic E-state index is 0.0630. The van der Waals surface area contributed by atoms with Crippen LogP contribution in [0, 0.1) is 5.41 Å². The average molecular weight is 465 g/mol. The van der Waals surface area contributed by atoms with Crippen LogP contribution in [-0.2, 0) is 19.1 Å². The van der Waals surface area contributed by atoms with Crippen LogP contribution in [0.5, 0.6) is 0 Å². The van der Waals surface area contributed by atoms with E-state index in [0.717, 1.165) is 22.3 Å². The molecule has 0 spiro atoms. The van der Waals surface area contributed by atoms with Crippen LogP contribution in [0.1, 0.15) is 36.8 Å². The second-order valence-corrected chi connectivity index (χ2v) is 9.45. The van der Waals surface area contributed by atoms with Gasteiger partial charge >= 0.3 is 12.1 Å². The van der Waals surface area contributed by atoms with E-state index in [2.05, 4.69) is 29.6 Å². The second kappa shape index (κ2) is 8.76. The van der Waals surface area contributed by atoms with Gasteiger partial charge in [0.05, 0.1) is 24.7 Å². The molecule has 0 aromatic heterocycles. The number of amides is 2. The largest absolute Gasteiger partial charge is 0.480 e. The molecule has 1 aliphatic carbocycles. The molecule has 34 heavy (non-hydrogen) atoms. The Morgan fingerprint density at radius 2 is 1.76 bits per heavy atom. The van der Waals surface area contributed by atoms with Crippen molar-refractivity contribution in [1.82, 2.24) is 10.2 Å². The molecule has 178 valence electrons. The quantitative estimate of drug-likeness (QED) is 0.705. The molecule has 2 saturated heterocycles. The molecule has 5 rings (SSSR count). The number of rotatable bonds is 5. The molecule has 2 aliphatic heterocycles. The van der Waals surface area contributed by atoms with E-state index in [-0.39, 0.29) is 31.6 Å². The number of likely N-dealkylation sites (tertiary alicyclic amines) is 1. The molecule has 2 aromatic carbocycles. The van der Waals surface area contributed by atoms with E-state index in [9.17, 15) is 19.5 Å². The monoisotopic (exact) mass is 464 g/mol. The van der Waals surface area contributed by atoms with Crippen LogP contribution in [0.3, 0.4) is 0 Å². The van der Waals surface area contributed by atoms with Crippen molar-refractivity contribution in [2.24, 2.45) is 5.41 Å². The maximum atomic E-state index is 13.3. The smallest absolute Gasteiger partial charge is 0.407 e. The number of hydrogen-bond donors (Lipinski definition) is 2. The molecule has 2 unspecified atom stereocenters. The number of nitrogens with one attached hydrogen (secondary N) is 1. The van der Waals surface area contributed by atoms with E-state index in [0.29, 0.717) is 19.4 Å². The zero-order valence-corrected chi connectivity index (χ0v) is 19.0. The lowest BCUT2D eigenvalue weighted by Crippen LogP contribution is -2.56. The van der Waals surface area contributed by atoms with Gasteiger partial charge in [0.2, 0.25) is 5.91 Å². The van der Waals surface area contributed by atoms with Crippen LogP contribution in [0.2, 0.25) is 0 Å². The number of carbonyl (C=O) groups is 3. The number of benzene rings is 2. The Hall–Kier alpha value is -3.39. The maximum absolute atomic E-state index is 13.3. The van der Waals surface area contributed by atoms with Gasteiger partial charge in [-0.15, -0.1) is 0 Å². The van der Waals surface area contributed by atoms with Gasteiger partial charge in [0.15, 0.2) is 0 Å². The van der Waals surface area contributed by atoms with E-state index < -0.39 is 29.6 Å². The topological polar surface area (TPSA) is 105 Å². The van der Waals surface area contributed by atoms with E-state index in [1.165, 1.54) is 4.90 Å². The number of carboxylic acid groups (broad SMARTS) is 1. The first-order valence-corrected chi connectivity index (χ1v) is 11.6. The molecular formula is C26H28N2O6. The fourth-order valence-electron chi connectivity index (χ4n) is 5.46. The third kappa shape index (κ3) is 3.72. The summed E-state index contributed by atoms with van der Waals surface area (Å²) >= 11 is 0. The molecule has 3 atom stereocenters. The molecule has 2 heterocycles. The number of ether oxygens (including phenoxy) is 2. The number of carboxylic acids is 1. The minimum atomic E-state index is -1.05. The van der Waals surface area contributed by atoms with Crippen molar-refractivity contribution in [3.8, 4) is 11.1 Å². The van der Waals surface area contributed by atoms with Gasteiger partial charge in [-0.25, -0.2) is 9.59 Å². The van der Waals surface area contributed by atoms with Crippen molar-refractivity contribution in [3.05, 3.63) is 59.7 Å². The van der Waals surface area contributed by atoms with Crippen LogP contribution >= 0.6 is 0 Å².